The highest BCUT2D eigenvalue weighted by atomic mass is 16.6. The Morgan fingerprint density at radius 1 is 0.269 bits per heavy atom. The van der Waals surface area contributed by atoms with E-state index in [-0.39, 0.29) is 37.5 Å². The predicted octanol–water partition coefficient (Wildman–Crippen LogP) is 21.7. The molecule has 0 aliphatic carbocycles. The molecule has 0 aliphatic heterocycles. The van der Waals surface area contributed by atoms with Crippen LogP contribution in [0.15, 0.2) is 158 Å². The van der Waals surface area contributed by atoms with Crippen molar-refractivity contribution in [1.29, 1.82) is 0 Å². The lowest BCUT2D eigenvalue weighted by molar-refractivity contribution is -0.167. The molecule has 1 unspecified atom stereocenters. The highest BCUT2D eigenvalue weighted by Crippen LogP contribution is 2.14. The molecule has 0 heterocycles. The Kier molecular flexibility index (Phi) is 60.4. The van der Waals surface area contributed by atoms with E-state index >= 15 is 0 Å². The number of hydrogen-bond donors (Lipinski definition) is 0. The van der Waals surface area contributed by atoms with E-state index in [1.165, 1.54) is 64.2 Å². The van der Waals surface area contributed by atoms with Crippen molar-refractivity contribution in [1.82, 2.24) is 0 Å². The lowest BCUT2D eigenvalue weighted by Gasteiger charge is -2.18. The van der Waals surface area contributed by atoms with E-state index in [0.29, 0.717) is 12.8 Å². The van der Waals surface area contributed by atoms with Gasteiger partial charge in [0.15, 0.2) is 6.10 Å². The fourth-order valence-electron chi connectivity index (χ4n) is 8.13. The Bertz CT molecular complexity index is 1760. The molecule has 0 N–H and O–H groups in total. The van der Waals surface area contributed by atoms with Gasteiger partial charge in [0.05, 0.1) is 0 Å². The summed E-state index contributed by atoms with van der Waals surface area (Å²) in [6, 6.07) is 0. The van der Waals surface area contributed by atoms with Crippen molar-refractivity contribution in [2.45, 2.75) is 264 Å². The van der Waals surface area contributed by atoms with Crippen LogP contribution < -0.4 is 0 Å². The van der Waals surface area contributed by atoms with Gasteiger partial charge in [0.25, 0.3) is 0 Å². The first-order chi connectivity index (χ1) is 38.5. The maximum absolute atomic E-state index is 12.8. The predicted molar refractivity (Wildman–Crippen MR) is 338 cm³/mol. The molecule has 6 heteroatoms. The minimum atomic E-state index is -0.804. The molecule has 438 valence electrons. The molecule has 0 aromatic rings. The van der Waals surface area contributed by atoms with E-state index in [1.54, 1.807) is 0 Å². The first-order valence-electron chi connectivity index (χ1n) is 31.5. The van der Waals surface area contributed by atoms with Crippen molar-refractivity contribution in [3.05, 3.63) is 158 Å². The Labute approximate surface area is 480 Å². The second kappa shape index (κ2) is 64.6. The van der Waals surface area contributed by atoms with Crippen LogP contribution in [0.4, 0.5) is 0 Å². The van der Waals surface area contributed by atoms with Gasteiger partial charge in [-0.05, 0) is 128 Å². The Morgan fingerprint density at radius 2 is 0.500 bits per heavy atom. The zero-order valence-electron chi connectivity index (χ0n) is 50.1. The summed E-state index contributed by atoms with van der Waals surface area (Å²) in [7, 11) is 0. The molecule has 78 heavy (non-hydrogen) atoms. The van der Waals surface area contributed by atoms with Gasteiger partial charge in [-0.2, -0.15) is 0 Å². The maximum Gasteiger partial charge on any atom is 0.306 e. The topological polar surface area (TPSA) is 78.9 Å². The van der Waals surface area contributed by atoms with E-state index in [4.69, 9.17) is 14.2 Å². The summed E-state index contributed by atoms with van der Waals surface area (Å²) in [4.78, 5) is 38.1. The number of carbonyl (C=O) groups is 3. The third-order valence-electron chi connectivity index (χ3n) is 12.8. The molecule has 0 bridgehead atoms. The van der Waals surface area contributed by atoms with Crippen LogP contribution in [0.2, 0.25) is 0 Å². The summed E-state index contributed by atoms with van der Waals surface area (Å²) >= 11 is 0. The largest absolute Gasteiger partial charge is 0.462 e. The average Bonchev–Trinajstić information content (AvgIpc) is 3.44. The Morgan fingerprint density at radius 3 is 0.795 bits per heavy atom. The van der Waals surface area contributed by atoms with E-state index in [0.717, 1.165) is 154 Å². The van der Waals surface area contributed by atoms with Crippen LogP contribution >= 0.6 is 0 Å². The highest BCUT2D eigenvalue weighted by Gasteiger charge is 2.19. The maximum atomic E-state index is 12.8. The molecule has 0 aromatic carbocycles. The number of rotatable bonds is 55. The van der Waals surface area contributed by atoms with Crippen LogP contribution in [0, 0.1) is 0 Å². The van der Waals surface area contributed by atoms with Crippen LogP contribution in [0.25, 0.3) is 0 Å². The highest BCUT2D eigenvalue weighted by molar-refractivity contribution is 5.71. The smallest absolute Gasteiger partial charge is 0.306 e. The van der Waals surface area contributed by atoms with Crippen molar-refractivity contribution < 1.29 is 28.6 Å². The lowest BCUT2D eigenvalue weighted by atomic mass is 10.1. The summed E-state index contributed by atoms with van der Waals surface area (Å²) in [5.74, 6) is -0.949. The van der Waals surface area contributed by atoms with Gasteiger partial charge >= 0.3 is 17.9 Å². The first kappa shape index (κ1) is 73.0. The minimum Gasteiger partial charge on any atom is -0.462 e. The van der Waals surface area contributed by atoms with E-state index in [1.807, 2.05) is 0 Å². The summed E-state index contributed by atoms with van der Waals surface area (Å²) in [6.45, 7) is 6.34. The van der Waals surface area contributed by atoms with Crippen molar-refractivity contribution >= 4 is 17.9 Å². The van der Waals surface area contributed by atoms with Gasteiger partial charge in [-0.1, -0.05) is 269 Å². The zero-order chi connectivity index (χ0) is 56.4. The molecule has 6 nitrogen and oxygen atoms in total. The first-order valence-corrected chi connectivity index (χ1v) is 31.5. The van der Waals surface area contributed by atoms with Gasteiger partial charge in [-0.25, -0.2) is 0 Å². The summed E-state index contributed by atoms with van der Waals surface area (Å²) in [5, 5.41) is 0. The minimum absolute atomic E-state index is 0.0983. The number of unbranched alkanes of at least 4 members (excludes halogenated alkanes) is 18. The molecule has 0 saturated carbocycles. The molecule has 1 atom stereocenters. The quantitative estimate of drug-likeness (QED) is 0.0261. The average molecular weight is 1080 g/mol. The number of allylic oxidation sites excluding steroid dienone is 26. The standard InChI is InChI=1S/C72H114O6/c1-4-7-10-13-16-19-21-23-25-27-29-30-31-32-33-34-35-36-37-38-39-40-41-42-44-45-47-49-51-53-56-59-62-65-71(74)77-68-69(67-76-70(73)64-61-58-55-18-15-12-9-6-3)78-72(75)66-63-60-57-54-52-50-48-46-43-28-26-24-22-20-17-14-11-8-5-2/h7-8,10-11,16-17,19-20,23-26,29-30,32-33,35-36,38-39,41-43,46,50,52,69H,4-6,9,12-15,18,21-22,27-28,31,34,37,40,44-45,47-49,51,53-68H2,1-3H3/b10-7-,11-8-,19-16-,20-17-,25-23-,26-24-,30-29-,33-32-,36-35-,39-38-,42-41-,46-43-,52-50-. The summed E-state index contributed by atoms with van der Waals surface area (Å²) < 4.78 is 16.8. The monoisotopic (exact) mass is 1070 g/mol. The number of ether oxygens (including phenoxy) is 3. The molecule has 0 rings (SSSR count). The normalized spacial score (nSPS) is 13.2. The van der Waals surface area contributed by atoms with Crippen LogP contribution in [-0.4, -0.2) is 37.2 Å². The van der Waals surface area contributed by atoms with Gasteiger partial charge in [-0.15, -0.1) is 0 Å². The lowest BCUT2D eigenvalue weighted by Crippen LogP contribution is -2.30. The third kappa shape index (κ3) is 61.9. The van der Waals surface area contributed by atoms with Crippen molar-refractivity contribution in [2.75, 3.05) is 13.2 Å². The van der Waals surface area contributed by atoms with Gasteiger partial charge in [0, 0.05) is 19.3 Å². The SMILES string of the molecule is CC/C=C\C/C=C\C/C=C\C/C=C\C/C=C\C/C=C\C/C=C\C/C=C\CCCCCCCCCCC(=O)OCC(COC(=O)CCCCCCCCCC)OC(=O)CCCCC/C=C\C/C=C\C/C=C\C/C=C\C/C=C\CC. The molecule has 0 saturated heterocycles. The molecule has 0 radical (unpaired) electrons. The number of carbonyl (C=O) groups excluding carboxylic acids is 3. The number of esters is 3. The van der Waals surface area contributed by atoms with Gasteiger partial charge in [0.1, 0.15) is 13.2 Å². The molecule has 0 aromatic heterocycles. The van der Waals surface area contributed by atoms with Crippen LogP contribution in [-0.2, 0) is 28.6 Å². The summed E-state index contributed by atoms with van der Waals surface area (Å²) in [6.07, 6.45) is 94.1. The fraction of sp³-hybridized carbons (Fsp3) is 0.597. The van der Waals surface area contributed by atoms with E-state index in [2.05, 4.69) is 179 Å². The van der Waals surface area contributed by atoms with Gasteiger partial charge < -0.3 is 14.2 Å². The molecule has 0 aliphatic rings. The van der Waals surface area contributed by atoms with Crippen molar-refractivity contribution in [3.63, 3.8) is 0 Å². The Hall–Kier alpha value is -4.97. The molecular formula is C72H114O6. The van der Waals surface area contributed by atoms with E-state index < -0.39 is 6.10 Å². The third-order valence-corrected chi connectivity index (χ3v) is 12.8. The molecule has 0 amide bonds. The van der Waals surface area contributed by atoms with E-state index in [9.17, 15) is 14.4 Å². The van der Waals surface area contributed by atoms with Crippen LogP contribution in [0.3, 0.4) is 0 Å². The van der Waals surface area contributed by atoms with Crippen molar-refractivity contribution in [3.8, 4) is 0 Å². The Balaban J connectivity index is 4.25. The zero-order valence-corrected chi connectivity index (χ0v) is 50.1. The number of hydrogen-bond acceptors (Lipinski definition) is 6. The molecule has 0 spiro atoms. The van der Waals surface area contributed by atoms with Gasteiger partial charge in [0.2, 0.25) is 0 Å². The molecule has 0 fully saturated rings. The fourth-order valence-corrected chi connectivity index (χ4v) is 8.13. The summed E-state index contributed by atoms with van der Waals surface area (Å²) in [5.41, 5.74) is 0. The molecular weight excluding hydrogens is 961 g/mol. The van der Waals surface area contributed by atoms with Gasteiger partial charge in [-0.3, -0.25) is 14.4 Å². The van der Waals surface area contributed by atoms with Crippen LogP contribution in [0.1, 0.15) is 258 Å². The second-order valence-electron chi connectivity index (χ2n) is 20.2. The second-order valence-corrected chi connectivity index (χ2v) is 20.2. The van der Waals surface area contributed by atoms with Crippen molar-refractivity contribution in [2.24, 2.45) is 0 Å². The van der Waals surface area contributed by atoms with Crippen LogP contribution in [0.5, 0.6) is 0 Å².